The number of carboxylic acids is 1. The Bertz CT molecular complexity index is 1470. The number of fused-ring (bicyclic) bond motifs is 3. The lowest BCUT2D eigenvalue weighted by Gasteiger charge is -2.39. The summed E-state index contributed by atoms with van der Waals surface area (Å²) in [5.74, 6) is -3.16. The van der Waals surface area contributed by atoms with Gasteiger partial charge in [-0.3, -0.25) is 4.90 Å². The van der Waals surface area contributed by atoms with Crippen molar-refractivity contribution in [3.63, 3.8) is 0 Å². The number of halogens is 5. The number of alkyl halides is 3. The zero-order valence-corrected chi connectivity index (χ0v) is 23.1. The molecule has 3 heterocycles. The summed E-state index contributed by atoms with van der Waals surface area (Å²) in [7, 11) is 0. The van der Waals surface area contributed by atoms with Crippen LogP contribution in [0.3, 0.4) is 0 Å². The first-order valence-corrected chi connectivity index (χ1v) is 13.9. The molecule has 0 radical (unpaired) electrons. The number of hydrogen-bond donors (Lipinski definition) is 2. The van der Waals surface area contributed by atoms with Crippen LogP contribution in [0.15, 0.2) is 42.5 Å². The molecule has 2 aliphatic heterocycles. The van der Waals surface area contributed by atoms with E-state index < -0.39 is 18.0 Å². The van der Waals surface area contributed by atoms with Gasteiger partial charge in [-0.05, 0) is 73.6 Å². The predicted molar refractivity (Wildman–Crippen MR) is 148 cm³/mol. The Labute approximate surface area is 239 Å². The molecule has 7 nitrogen and oxygen atoms in total. The van der Waals surface area contributed by atoms with Crippen LogP contribution in [0, 0.1) is 12.7 Å². The summed E-state index contributed by atoms with van der Waals surface area (Å²) >= 11 is 6.07. The number of hydrogen-bond acceptors (Lipinski definition) is 5. The SMILES string of the molecule is Cc1nnn2c1-c1ccc(C3=CCN(C4CCC4)CC3)cc1C(Nc1ccc(F)c(Cl)c1)CC2.O=C(O)C(F)(F)F. The van der Waals surface area contributed by atoms with E-state index in [1.807, 2.05) is 11.6 Å². The Hall–Kier alpha value is -3.44. The molecule has 0 bridgehead atoms. The minimum atomic E-state index is -5.08. The van der Waals surface area contributed by atoms with Gasteiger partial charge in [-0.25, -0.2) is 13.9 Å². The number of carboxylic acid groups (broad SMARTS) is 1. The number of nitrogens with one attached hydrogen (secondary N) is 1. The minimum absolute atomic E-state index is 0.0493. The van der Waals surface area contributed by atoms with Crippen molar-refractivity contribution in [1.82, 2.24) is 19.9 Å². The molecule has 6 rings (SSSR count). The Morgan fingerprint density at radius 1 is 1.12 bits per heavy atom. The van der Waals surface area contributed by atoms with Gasteiger partial charge >= 0.3 is 12.1 Å². The quantitative estimate of drug-likeness (QED) is 0.322. The van der Waals surface area contributed by atoms with E-state index in [4.69, 9.17) is 21.5 Å². The molecule has 41 heavy (non-hydrogen) atoms. The molecule has 1 fully saturated rings. The van der Waals surface area contributed by atoms with Crippen LogP contribution in [0.25, 0.3) is 16.8 Å². The normalized spacial score (nSPS) is 19.1. The van der Waals surface area contributed by atoms with Crippen LogP contribution in [-0.2, 0) is 11.3 Å². The fourth-order valence-electron chi connectivity index (χ4n) is 5.53. The zero-order valence-electron chi connectivity index (χ0n) is 22.4. The molecule has 0 saturated heterocycles. The van der Waals surface area contributed by atoms with Crippen molar-refractivity contribution in [2.24, 2.45) is 0 Å². The van der Waals surface area contributed by atoms with E-state index >= 15 is 0 Å². The van der Waals surface area contributed by atoms with Crippen molar-refractivity contribution in [1.29, 1.82) is 0 Å². The van der Waals surface area contributed by atoms with E-state index in [2.05, 4.69) is 44.8 Å². The first-order valence-electron chi connectivity index (χ1n) is 13.5. The first-order chi connectivity index (χ1) is 19.5. The number of anilines is 1. The maximum atomic E-state index is 13.7. The van der Waals surface area contributed by atoms with Gasteiger partial charge in [0.25, 0.3) is 0 Å². The maximum Gasteiger partial charge on any atom is 0.490 e. The monoisotopic (exact) mass is 591 g/mol. The van der Waals surface area contributed by atoms with Gasteiger partial charge in [-0.15, -0.1) is 5.10 Å². The molecule has 218 valence electrons. The van der Waals surface area contributed by atoms with Crippen LogP contribution in [0.5, 0.6) is 0 Å². The highest BCUT2D eigenvalue weighted by Gasteiger charge is 2.38. The smallest absolute Gasteiger partial charge is 0.475 e. The Kier molecular flexibility index (Phi) is 8.37. The van der Waals surface area contributed by atoms with Crippen molar-refractivity contribution in [3.05, 3.63) is 70.1 Å². The molecule has 2 aromatic carbocycles. The minimum Gasteiger partial charge on any atom is -0.475 e. The first kappa shape index (κ1) is 29.1. The van der Waals surface area contributed by atoms with Crippen LogP contribution in [0.2, 0.25) is 5.02 Å². The number of rotatable bonds is 4. The summed E-state index contributed by atoms with van der Waals surface area (Å²) in [6.07, 6.45) is 3.34. The summed E-state index contributed by atoms with van der Waals surface area (Å²) in [6.45, 7) is 4.95. The van der Waals surface area contributed by atoms with E-state index in [-0.39, 0.29) is 11.1 Å². The Morgan fingerprint density at radius 3 is 2.49 bits per heavy atom. The van der Waals surface area contributed by atoms with Crippen LogP contribution < -0.4 is 5.32 Å². The molecule has 1 aliphatic carbocycles. The summed E-state index contributed by atoms with van der Waals surface area (Å²) in [6, 6.07) is 12.5. The lowest BCUT2D eigenvalue weighted by Crippen LogP contribution is -2.42. The fraction of sp³-hybridized carbons (Fsp3) is 0.414. The standard InChI is InChI=1S/C27H29ClFN5.C2HF3O2/c1-17-27-22-7-5-19(18-9-12-33(13-10-18)21-3-2-4-21)15-23(22)26(11-14-34(27)32-31-17)30-20-6-8-25(29)24(28)16-20;3-2(4,5)1(6)7/h5-9,15-16,21,26,30H,2-4,10-14H2,1H3;(H,6,7). The van der Waals surface area contributed by atoms with Gasteiger partial charge in [0.2, 0.25) is 0 Å². The predicted octanol–water partition coefficient (Wildman–Crippen LogP) is 6.88. The number of benzene rings is 2. The second kappa shape index (κ2) is 11.8. The number of aliphatic carboxylic acids is 1. The van der Waals surface area contributed by atoms with Gasteiger partial charge in [0.05, 0.1) is 22.5 Å². The Balaban J connectivity index is 0.000000431. The van der Waals surface area contributed by atoms with E-state index in [1.165, 1.54) is 42.0 Å². The summed E-state index contributed by atoms with van der Waals surface area (Å²) in [4.78, 5) is 11.5. The molecule has 2 N–H and O–H groups in total. The van der Waals surface area contributed by atoms with Crippen LogP contribution in [0.4, 0.5) is 23.2 Å². The van der Waals surface area contributed by atoms with Gasteiger partial charge < -0.3 is 10.4 Å². The van der Waals surface area contributed by atoms with Gasteiger partial charge in [0.15, 0.2) is 0 Å². The highest BCUT2D eigenvalue weighted by Crippen LogP contribution is 2.39. The average molecular weight is 592 g/mol. The van der Waals surface area contributed by atoms with Crippen molar-refractivity contribution in [2.45, 2.75) is 63.8 Å². The molecule has 3 aliphatic rings. The molecular weight excluding hydrogens is 562 g/mol. The molecule has 1 atom stereocenters. The second-order valence-corrected chi connectivity index (χ2v) is 10.9. The zero-order chi connectivity index (χ0) is 29.3. The van der Waals surface area contributed by atoms with Crippen LogP contribution >= 0.6 is 11.6 Å². The number of aryl methyl sites for hydroxylation is 2. The van der Waals surface area contributed by atoms with Crippen molar-refractivity contribution in [3.8, 4) is 11.3 Å². The fourth-order valence-corrected chi connectivity index (χ4v) is 5.71. The number of carbonyl (C=O) groups is 1. The molecule has 3 aromatic rings. The van der Waals surface area contributed by atoms with E-state index in [0.29, 0.717) is 0 Å². The number of aromatic nitrogens is 3. The van der Waals surface area contributed by atoms with Crippen molar-refractivity contribution >= 4 is 28.8 Å². The summed E-state index contributed by atoms with van der Waals surface area (Å²) in [5, 5.41) is 19.6. The largest absolute Gasteiger partial charge is 0.490 e. The van der Waals surface area contributed by atoms with E-state index in [1.54, 1.807) is 12.1 Å². The van der Waals surface area contributed by atoms with Crippen molar-refractivity contribution < 1.29 is 27.5 Å². The molecule has 0 amide bonds. The van der Waals surface area contributed by atoms with Gasteiger partial charge in [0.1, 0.15) is 5.82 Å². The topological polar surface area (TPSA) is 83.3 Å². The molecule has 0 spiro atoms. The summed E-state index contributed by atoms with van der Waals surface area (Å²) in [5.41, 5.74) is 7.93. The lowest BCUT2D eigenvalue weighted by molar-refractivity contribution is -0.192. The van der Waals surface area contributed by atoms with Gasteiger partial charge in [-0.1, -0.05) is 41.4 Å². The van der Waals surface area contributed by atoms with Gasteiger partial charge in [-0.2, -0.15) is 13.2 Å². The third-order valence-corrected chi connectivity index (χ3v) is 8.21. The van der Waals surface area contributed by atoms with Crippen molar-refractivity contribution in [2.75, 3.05) is 18.4 Å². The van der Waals surface area contributed by atoms with Crippen LogP contribution in [-0.4, -0.2) is 56.3 Å². The molecule has 1 unspecified atom stereocenters. The summed E-state index contributed by atoms with van der Waals surface area (Å²) < 4.78 is 47.5. The highest BCUT2D eigenvalue weighted by molar-refractivity contribution is 6.31. The maximum absolute atomic E-state index is 13.7. The van der Waals surface area contributed by atoms with Gasteiger partial charge in [0, 0.05) is 36.9 Å². The van der Waals surface area contributed by atoms with E-state index in [9.17, 15) is 17.6 Å². The Morgan fingerprint density at radius 2 is 1.88 bits per heavy atom. The van der Waals surface area contributed by atoms with E-state index in [0.717, 1.165) is 61.2 Å². The second-order valence-electron chi connectivity index (χ2n) is 10.5. The molecular formula is C29H30ClF4N5O2. The third kappa shape index (κ3) is 6.41. The third-order valence-electron chi connectivity index (χ3n) is 7.92. The highest BCUT2D eigenvalue weighted by atomic mass is 35.5. The lowest BCUT2D eigenvalue weighted by atomic mass is 9.88. The molecule has 1 saturated carbocycles. The molecule has 12 heteroatoms. The number of nitrogens with zero attached hydrogens (tertiary/aromatic N) is 4. The molecule has 1 aromatic heterocycles. The van der Waals surface area contributed by atoms with Crippen LogP contribution in [0.1, 0.15) is 55.0 Å². The average Bonchev–Trinajstić information content (AvgIpc) is 3.19.